The second-order valence-electron chi connectivity index (χ2n) is 6.59. The Labute approximate surface area is 177 Å². The summed E-state index contributed by atoms with van der Waals surface area (Å²) in [5.74, 6) is -0.0525. The van der Waals surface area contributed by atoms with Gasteiger partial charge in [0.05, 0.1) is 4.90 Å². The second-order valence-corrected chi connectivity index (χ2v) is 9.69. The largest absolute Gasteiger partial charge is 0.312 e. The quantitative estimate of drug-likeness (QED) is 0.652. The third-order valence-corrected chi connectivity index (χ3v) is 7.20. The number of halogens is 1. The smallest absolute Gasteiger partial charge is 0.263 e. The Kier molecular flexibility index (Phi) is 5.28. The maximum atomic E-state index is 12.8. The fourth-order valence-electron chi connectivity index (χ4n) is 3.22. The highest BCUT2D eigenvalue weighted by Gasteiger charge is 2.24. The number of aromatic nitrogens is 2. The van der Waals surface area contributed by atoms with Crippen molar-refractivity contribution in [1.29, 1.82) is 0 Å². The molecule has 2 heterocycles. The lowest BCUT2D eigenvalue weighted by atomic mass is 10.0. The van der Waals surface area contributed by atoms with Crippen molar-refractivity contribution in [2.75, 3.05) is 16.2 Å². The van der Waals surface area contributed by atoms with Gasteiger partial charge in [0.25, 0.3) is 10.0 Å². The molecule has 0 spiro atoms. The van der Waals surface area contributed by atoms with Crippen LogP contribution in [0.25, 0.3) is 10.6 Å². The molecule has 0 unspecified atom stereocenters. The number of rotatable bonds is 4. The monoisotopic (exact) mass is 448 g/mol. The molecule has 0 aliphatic carbocycles. The SMILES string of the molecule is CC(=O)N1CCCc2cc(S(=O)(=O)Nc3nnc(-c4ccc(Cl)cc4)s3)ccc21. The molecule has 1 amide bonds. The van der Waals surface area contributed by atoms with E-state index < -0.39 is 10.0 Å². The predicted octanol–water partition coefficient (Wildman–Crippen LogP) is 3.96. The molecule has 1 aliphatic rings. The van der Waals surface area contributed by atoms with Crippen LogP contribution in [0.5, 0.6) is 0 Å². The lowest BCUT2D eigenvalue weighted by Gasteiger charge is -2.28. The van der Waals surface area contributed by atoms with Crippen molar-refractivity contribution in [3.05, 3.63) is 53.1 Å². The minimum absolute atomic E-state index is 0.0525. The van der Waals surface area contributed by atoms with Crippen LogP contribution < -0.4 is 9.62 Å². The first-order valence-electron chi connectivity index (χ1n) is 8.87. The molecular formula is C19H17ClN4O3S2. The van der Waals surface area contributed by atoms with Crippen LogP contribution in [0.3, 0.4) is 0 Å². The van der Waals surface area contributed by atoms with Crippen LogP contribution in [0.4, 0.5) is 10.8 Å². The van der Waals surface area contributed by atoms with E-state index in [0.717, 1.165) is 41.0 Å². The number of benzene rings is 2. The normalized spacial score (nSPS) is 13.8. The first-order valence-corrected chi connectivity index (χ1v) is 11.5. The standard InChI is InChI=1S/C19H17ClN4O3S2/c1-12(25)24-10-2-3-14-11-16(8-9-17(14)24)29(26,27)23-19-22-21-18(28-19)13-4-6-15(20)7-5-13/h4-9,11H,2-3,10H2,1H3,(H,22,23). The summed E-state index contributed by atoms with van der Waals surface area (Å²) in [5, 5.41) is 9.36. The molecule has 1 aliphatic heterocycles. The summed E-state index contributed by atoms with van der Waals surface area (Å²) in [5.41, 5.74) is 2.41. The molecule has 10 heteroatoms. The van der Waals surface area contributed by atoms with Gasteiger partial charge in [-0.2, -0.15) is 0 Å². The zero-order valence-corrected chi connectivity index (χ0v) is 17.8. The number of carbonyl (C=O) groups excluding carboxylic acids is 1. The number of carbonyl (C=O) groups is 1. The lowest BCUT2D eigenvalue weighted by Crippen LogP contribution is -2.33. The fraction of sp³-hybridized carbons (Fsp3) is 0.211. The van der Waals surface area contributed by atoms with Crippen molar-refractivity contribution < 1.29 is 13.2 Å². The van der Waals surface area contributed by atoms with Gasteiger partial charge in [0.15, 0.2) is 0 Å². The molecule has 0 fully saturated rings. The van der Waals surface area contributed by atoms with Gasteiger partial charge in [-0.1, -0.05) is 35.1 Å². The van der Waals surface area contributed by atoms with Gasteiger partial charge in [-0.3, -0.25) is 9.52 Å². The number of nitrogens with zero attached hydrogens (tertiary/aromatic N) is 3. The highest BCUT2D eigenvalue weighted by atomic mass is 35.5. The van der Waals surface area contributed by atoms with Crippen LogP contribution in [0.15, 0.2) is 47.4 Å². The molecule has 3 aromatic rings. The van der Waals surface area contributed by atoms with Crippen molar-refractivity contribution in [1.82, 2.24) is 10.2 Å². The number of nitrogens with one attached hydrogen (secondary N) is 1. The highest BCUT2D eigenvalue weighted by Crippen LogP contribution is 2.32. The molecule has 0 saturated heterocycles. The zero-order chi connectivity index (χ0) is 20.6. The molecule has 1 N–H and O–H groups in total. The van der Waals surface area contributed by atoms with E-state index in [4.69, 9.17) is 11.6 Å². The maximum absolute atomic E-state index is 12.8. The summed E-state index contributed by atoms with van der Waals surface area (Å²) in [6.07, 6.45) is 1.52. The summed E-state index contributed by atoms with van der Waals surface area (Å²) in [7, 11) is -3.83. The van der Waals surface area contributed by atoms with E-state index in [1.165, 1.54) is 13.0 Å². The lowest BCUT2D eigenvalue weighted by molar-refractivity contribution is -0.116. The molecule has 0 radical (unpaired) electrons. The summed E-state index contributed by atoms with van der Waals surface area (Å²) < 4.78 is 28.1. The van der Waals surface area contributed by atoms with Gasteiger partial charge < -0.3 is 4.90 Å². The van der Waals surface area contributed by atoms with Gasteiger partial charge in [0.1, 0.15) is 5.01 Å². The Morgan fingerprint density at radius 2 is 1.93 bits per heavy atom. The van der Waals surface area contributed by atoms with Gasteiger partial charge in [0, 0.05) is 29.7 Å². The Morgan fingerprint density at radius 1 is 1.17 bits per heavy atom. The average molecular weight is 449 g/mol. The van der Waals surface area contributed by atoms with Crippen LogP contribution in [-0.4, -0.2) is 31.1 Å². The van der Waals surface area contributed by atoms with Crippen molar-refractivity contribution in [3.63, 3.8) is 0 Å². The molecule has 0 bridgehead atoms. The summed E-state index contributed by atoms with van der Waals surface area (Å²) in [6, 6.07) is 11.9. The van der Waals surface area contributed by atoms with Crippen molar-refractivity contribution >= 4 is 49.7 Å². The molecule has 0 atom stereocenters. The van der Waals surface area contributed by atoms with Crippen molar-refractivity contribution in [2.45, 2.75) is 24.7 Å². The number of hydrogen-bond donors (Lipinski definition) is 1. The van der Waals surface area contributed by atoms with Gasteiger partial charge in [-0.15, -0.1) is 10.2 Å². The Bertz CT molecular complexity index is 1180. The van der Waals surface area contributed by atoms with Crippen molar-refractivity contribution in [3.8, 4) is 10.6 Å². The first-order chi connectivity index (χ1) is 13.8. The predicted molar refractivity (Wildman–Crippen MR) is 114 cm³/mol. The number of aryl methyl sites for hydroxylation is 1. The Morgan fingerprint density at radius 3 is 2.66 bits per heavy atom. The second kappa shape index (κ2) is 7.74. The summed E-state index contributed by atoms with van der Waals surface area (Å²) in [4.78, 5) is 13.6. The minimum atomic E-state index is -3.83. The topological polar surface area (TPSA) is 92.3 Å². The van der Waals surface area contributed by atoms with Crippen molar-refractivity contribution in [2.24, 2.45) is 0 Å². The summed E-state index contributed by atoms with van der Waals surface area (Å²) in [6.45, 7) is 2.15. The van der Waals surface area contributed by atoms with E-state index in [-0.39, 0.29) is 15.9 Å². The third kappa shape index (κ3) is 4.12. The Balaban J connectivity index is 1.58. The molecule has 29 heavy (non-hydrogen) atoms. The van der Waals surface area contributed by atoms with Crippen LogP contribution in [-0.2, 0) is 21.2 Å². The Hall–Kier alpha value is -2.49. The van der Waals surface area contributed by atoms with E-state index in [0.29, 0.717) is 16.6 Å². The van der Waals surface area contributed by atoms with E-state index in [2.05, 4.69) is 14.9 Å². The zero-order valence-electron chi connectivity index (χ0n) is 15.4. The highest BCUT2D eigenvalue weighted by molar-refractivity contribution is 7.93. The number of amides is 1. The molecule has 2 aromatic carbocycles. The van der Waals surface area contributed by atoms with Crippen LogP contribution in [0, 0.1) is 0 Å². The molecule has 7 nitrogen and oxygen atoms in total. The first kappa shape index (κ1) is 19.8. The number of sulfonamides is 1. The van der Waals surface area contributed by atoms with E-state index in [1.807, 2.05) is 0 Å². The van der Waals surface area contributed by atoms with E-state index >= 15 is 0 Å². The number of hydrogen-bond acceptors (Lipinski definition) is 6. The molecule has 0 saturated carbocycles. The van der Waals surface area contributed by atoms with Gasteiger partial charge in [-0.25, -0.2) is 8.42 Å². The molecular weight excluding hydrogens is 432 g/mol. The molecule has 1 aromatic heterocycles. The summed E-state index contributed by atoms with van der Waals surface area (Å²) >= 11 is 7.03. The van der Waals surface area contributed by atoms with Crippen LogP contribution >= 0.6 is 22.9 Å². The van der Waals surface area contributed by atoms with Gasteiger partial charge >= 0.3 is 0 Å². The fourth-order valence-corrected chi connectivity index (χ4v) is 5.37. The van der Waals surface area contributed by atoms with Gasteiger partial charge in [0.2, 0.25) is 11.0 Å². The van der Waals surface area contributed by atoms with Crippen LogP contribution in [0.2, 0.25) is 5.02 Å². The molecule has 4 rings (SSSR count). The number of fused-ring (bicyclic) bond motifs is 1. The van der Waals surface area contributed by atoms with Gasteiger partial charge in [-0.05, 0) is 48.7 Å². The van der Waals surface area contributed by atoms with E-state index in [9.17, 15) is 13.2 Å². The molecule has 150 valence electrons. The number of anilines is 2. The van der Waals surface area contributed by atoms with Crippen LogP contribution in [0.1, 0.15) is 18.9 Å². The third-order valence-electron chi connectivity index (χ3n) is 4.60. The minimum Gasteiger partial charge on any atom is -0.312 e. The van der Waals surface area contributed by atoms with E-state index in [1.54, 1.807) is 41.3 Å². The maximum Gasteiger partial charge on any atom is 0.263 e. The average Bonchev–Trinajstić information content (AvgIpc) is 3.15.